The molecule has 3 heteroatoms. The van der Waals surface area contributed by atoms with Crippen molar-refractivity contribution in [3.8, 4) is 5.75 Å². The summed E-state index contributed by atoms with van der Waals surface area (Å²) in [4.78, 5) is 1.26. The summed E-state index contributed by atoms with van der Waals surface area (Å²) in [6.45, 7) is 2.78. The van der Waals surface area contributed by atoms with Gasteiger partial charge in [-0.15, -0.1) is 11.8 Å². The molecule has 0 aromatic heterocycles. The molecule has 2 aromatic rings. The highest BCUT2D eigenvalue weighted by molar-refractivity contribution is 7.99. The Morgan fingerprint density at radius 3 is 2.58 bits per heavy atom. The first-order chi connectivity index (χ1) is 9.29. The van der Waals surface area contributed by atoms with Gasteiger partial charge in [-0.2, -0.15) is 0 Å². The molecule has 100 valence electrons. The van der Waals surface area contributed by atoms with E-state index in [1.807, 2.05) is 30.3 Å². The molecule has 0 unspecified atom stereocenters. The van der Waals surface area contributed by atoms with Crippen molar-refractivity contribution in [1.82, 2.24) is 0 Å². The lowest BCUT2D eigenvalue weighted by molar-refractivity contribution is 0.345. The van der Waals surface area contributed by atoms with Crippen LogP contribution in [-0.2, 0) is 6.42 Å². The highest BCUT2D eigenvalue weighted by atomic mass is 32.2. The normalized spacial score (nSPS) is 10.4. The number of anilines is 1. The Morgan fingerprint density at radius 1 is 1.11 bits per heavy atom. The number of nitrogen functional groups attached to an aromatic ring is 1. The van der Waals surface area contributed by atoms with Crippen molar-refractivity contribution in [2.45, 2.75) is 18.2 Å². The summed E-state index contributed by atoms with van der Waals surface area (Å²) in [5.74, 6) is 1.70. The first-order valence-electron chi connectivity index (χ1n) is 6.48. The molecule has 0 atom stereocenters. The van der Waals surface area contributed by atoms with Crippen molar-refractivity contribution in [1.29, 1.82) is 0 Å². The average Bonchev–Trinajstić information content (AvgIpc) is 2.46. The SMILES string of the molecule is CCc1ccc(OCCSc2ccccc2)c(N)c1. The summed E-state index contributed by atoms with van der Waals surface area (Å²) in [6.07, 6.45) is 0.994. The Bertz CT molecular complexity index is 513. The van der Waals surface area contributed by atoms with Gasteiger partial charge in [-0.05, 0) is 36.2 Å². The van der Waals surface area contributed by atoms with Gasteiger partial charge < -0.3 is 10.5 Å². The van der Waals surface area contributed by atoms with Crippen molar-refractivity contribution in [2.75, 3.05) is 18.1 Å². The Labute approximate surface area is 119 Å². The summed E-state index contributed by atoms with van der Waals surface area (Å²) < 4.78 is 5.71. The van der Waals surface area contributed by atoms with Gasteiger partial charge in [0.2, 0.25) is 0 Å². The summed E-state index contributed by atoms with van der Waals surface area (Å²) in [5.41, 5.74) is 7.92. The van der Waals surface area contributed by atoms with Gasteiger partial charge in [0.15, 0.2) is 0 Å². The van der Waals surface area contributed by atoms with E-state index in [-0.39, 0.29) is 0 Å². The van der Waals surface area contributed by atoms with Crippen LogP contribution in [0.5, 0.6) is 5.75 Å². The molecule has 0 bridgehead atoms. The third-order valence-corrected chi connectivity index (χ3v) is 3.81. The first-order valence-corrected chi connectivity index (χ1v) is 7.47. The predicted octanol–water partition coefficient (Wildman–Crippen LogP) is 4.00. The second kappa shape index (κ2) is 7.10. The molecule has 0 amide bonds. The lowest BCUT2D eigenvalue weighted by atomic mass is 10.1. The first kappa shape index (κ1) is 13.8. The maximum absolute atomic E-state index is 5.96. The number of hydrogen-bond donors (Lipinski definition) is 1. The molecular formula is C16H19NOS. The van der Waals surface area contributed by atoms with Crippen LogP contribution in [0, 0.1) is 0 Å². The van der Waals surface area contributed by atoms with Crippen LogP contribution in [0.4, 0.5) is 5.69 Å². The van der Waals surface area contributed by atoms with Gasteiger partial charge in [0, 0.05) is 10.6 Å². The second-order valence-electron chi connectivity index (χ2n) is 4.24. The highest BCUT2D eigenvalue weighted by Crippen LogP contribution is 2.23. The summed E-state index contributed by atoms with van der Waals surface area (Å²) in [6, 6.07) is 16.3. The maximum atomic E-state index is 5.96. The van der Waals surface area contributed by atoms with Crippen LogP contribution in [0.1, 0.15) is 12.5 Å². The number of aryl methyl sites for hydroxylation is 1. The molecular weight excluding hydrogens is 254 g/mol. The average molecular weight is 273 g/mol. The zero-order valence-corrected chi connectivity index (χ0v) is 12.0. The summed E-state index contributed by atoms with van der Waals surface area (Å²) >= 11 is 1.79. The lowest BCUT2D eigenvalue weighted by Gasteiger charge is -2.09. The molecule has 2 nitrogen and oxygen atoms in total. The fraction of sp³-hybridized carbons (Fsp3) is 0.250. The van der Waals surface area contributed by atoms with E-state index in [0.717, 1.165) is 23.6 Å². The molecule has 0 fully saturated rings. The number of rotatable bonds is 6. The van der Waals surface area contributed by atoms with Gasteiger partial charge in [-0.25, -0.2) is 0 Å². The largest absolute Gasteiger partial charge is 0.491 e. The molecule has 0 aliphatic rings. The van der Waals surface area contributed by atoms with Crippen molar-refractivity contribution in [2.24, 2.45) is 0 Å². The van der Waals surface area contributed by atoms with Gasteiger partial charge in [-0.3, -0.25) is 0 Å². The minimum absolute atomic E-state index is 0.662. The van der Waals surface area contributed by atoms with Crippen LogP contribution < -0.4 is 10.5 Å². The quantitative estimate of drug-likeness (QED) is 0.491. The van der Waals surface area contributed by atoms with Gasteiger partial charge >= 0.3 is 0 Å². The zero-order chi connectivity index (χ0) is 13.5. The Morgan fingerprint density at radius 2 is 1.89 bits per heavy atom. The van der Waals surface area contributed by atoms with Crippen molar-refractivity contribution in [3.63, 3.8) is 0 Å². The molecule has 2 aromatic carbocycles. The van der Waals surface area contributed by atoms with Crippen molar-refractivity contribution in [3.05, 3.63) is 54.1 Å². The number of hydrogen-bond acceptors (Lipinski definition) is 3. The van der Waals surface area contributed by atoms with Crippen LogP contribution in [0.15, 0.2) is 53.4 Å². The molecule has 0 saturated heterocycles. The topological polar surface area (TPSA) is 35.2 Å². The smallest absolute Gasteiger partial charge is 0.142 e. The van der Waals surface area contributed by atoms with E-state index in [0.29, 0.717) is 6.61 Å². The third kappa shape index (κ3) is 4.21. The number of nitrogens with two attached hydrogens (primary N) is 1. The molecule has 2 rings (SSSR count). The lowest BCUT2D eigenvalue weighted by Crippen LogP contribution is -2.03. The van der Waals surface area contributed by atoms with Crippen LogP contribution in [0.2, 0.25) is 0 Å². The molecule has 2 N–H and O–H groups in total. The van der Waals surface area contributed by atoms with E-state index in [1.54, 1.807) is 11.8 Å². The molecule has 0 radical (unpaired) electrons. The fourth-order valence-corrected chi connectivity index (χ4v) is 2.53. The van der Waals surface area contributed by atoms with Crippen LogP contribution in [0.25, 0.3) is 0 Å². The number of ether oxygens (including phenoxy) is 1. The van der Waals surface area contributed by atoms with Gasteiger partial charge in [0.25, 0.3) is 0 Å². The van der Waals surface area contributed by atoms with E-state index < -0.39 is 0 Å². The van der Waals surface area contributed by atoms with Crippen LogP contribution in [0.3, 0.4) is 0 Å². The van der Waals surface area contributed by atoms with E-state index in [1.165, 1.54) is 10.5 Å². The Hall–Kier alpha value is -1.61. The number of benzene rings is 2. The predicted molar refractivity (Wildman–Crippen MR) is 82.9 cm³/mol. The molecule has 0 heterocycles. The zero-order valence-electron chi connectivity index (χ0n) is 11.1. The minimum Gasteiger partial charge on any atom is -0.491 e. The molecule has 0 spiro atoms. The molecule has 19 heavy (non-hydrogen) atoms. The highest BCUT2D eigenvalue weighted by Gasteiger charge is 2.01. The van der Waals surface area contributed by atoms with Gasteiger partial charge in [-0.1, -0.05) is 31.2 Å². The second-order valence-corrected chi connectivity index (χ2v) is 5.40. The molecule has 0 saturated carbocycles. The molecule has 0 aliphatic carbocycles. The minimum atomic E-state index is 0.662. The van der Waals surface area contributed by atoms with Gasteiger partial charge in [0.05, 0.1) is 12.3 Å². The van der Waals surface area contributed by atoms with E-state index >= 15 is 0 Å². The van der Waals surface area contributed by atoms with E-state index in [4.69, 9.17) is 10.5 Å². The summed E-state index contributed by atoms with van der Waals surface area (Å²) in [7, 11) is 0. The van der Waals surface area contributed by atoms with Gasteiger partial charge in [0.1, 0.15) is 5.75 Å². The van der Waals surface area contributed by atoms with Crippen LogP contribution >= 0.6 is 11.8 Å². The fourth-order valence-electron chi connectivity index (χ4n) is 1.78. The Kier molecular flexibility index (Phi) is 5.16. The van der Waals surface area contributed by atoms with Crippen molar-refractivity contribution >= 4 is 17.4 Å². The summed E-state index contributed by atoms with van der Waals surface area (Å²) in [5, 5.41) is 0. The number of thioether (sulfide) groups is 1. The van der Waals surface area contributed by atoms with Crippen molar-refractivity contribution < 1.29 is 4.74 Å². The third-order valence-electron chi connectivity index (χ3n) is 2.84. The van der Waals surface area contributed by atoms with E-state index in [9.17, 15) is 0 Å². The van der Waals surface area contributed by atoms with E-state index in [2.05, 4.69) is 25.1 Å². The maximum Gasteiger partial charge on any atom is 0.142 e. The Balaban J connectivity index is 1.80. The monoisotopic (exact) mass is 273 g/mol. The molecule has 0 aliphatic heterocycles. The standard InChI is InChI=1S/C16H19NOS/c1-2-13-8-9-16(15(17)12-13)18-10-11-19-14-6-4-3-5-7-14/h3-9,12H,2,10-11,17H2,1H3. The van der Waals surface area contributed by atoms with Crippen LogP contribution in [-0.4, -0.2) is 12.4 Å².